The number of carbonyl (C=O) groups excluding carboxylic acids is 2. The lowest BCUT2D eigenvalue weighted by atomic mass is 9.83. The number of rotatable bonds is 11. The van der Waals surface area contributed by atoms with Crippen LogP contribution < -0.4 is 0 Å². The van der Waals surface area contributed by atoms with Crippen molar-refractivity contribution < 1.29 is 9.59 Å². The number of thiophene rings is 1. The van der Waals surface area contributed by atoms with Gasteiger partial charge in [-0.2, -0.15) is 21.1 Å². The van der Waals surface area contributed by atoms with E-state index in [4.69, 9.17) is 33.4 Å². The Morgan fingerprint density at radius 2 is 1.24 bits per heavy atom. The van der Waals surface area contributed by atoms with Crippen LogP contribution in [0, 0.1) is 13.8 Å². The van der Waals surface area contributed by atoms with Gasteiger partial charge in [0.2, 0.25) is 11.8 Å². The van der Waals surface area contributed by atoms with Crippen LogP contribution in [0.25, 0.3) is 22.3 Å². The molecule has 10 rings (SSSR count). The molecule has 8 nitrogen and oxygen atoms in total. The molecule has 0 aliphatic carbocycles. The Morgan fingerprint density at radius 3 is 1.89 bits per heavy atom. The monoisotopic (exact) mass is 946 g/mol. The van der Waals surface area contributed by atoms with E-state index in [2.05, 4.69) is 142 Å². The SMILES string of the molecule is C=CC(=O)N1Cc2sc(Cl)cc2[C@@H](c2ccccc2-c2cn(Cc3cccc([SH]4C(Cl)=CC5=C4CN(C(=O)C=C)C[C@H]5c4ccccc4-c4cn(Cc5ccccc5)nc4C)c3)nc2C)C1. The third kappa shape index (κ3) is 8.32. The lowest BCUT2D eigenvalue weighted by Crippen LogP contribution is -2.39. The quantitative estimate of drug-likeness (QED) is 0.104. The molecule has 3 aliphatic heterocycles. The molecule has 1 unspecified atom stereocenters. The molecular weight excluding hydrogens is 900 g/mol. The van der Waals surface area contributed by atoms with Gasteiger partial charge in [0, 0.05) is 53.3 Å². The summed E-state index contributed by atoms with van der Waals surface area (Å²) in [5.41, 5.74) is 13.0. The molecule has 0 spiro atoms. The van der Waals surface area contributed by atoms with E-state index in [1.165, 1.54) is 45.1 Å². The lowest BCUT2D eigenvalue weighted by molar-refractivity contribution is -0.127. The number of fused-ring (bicyclic) bond motifs is 1. The van der Waals surface area contributed by atoms with Crippen LogP contribution in [0.2, 0.25) is 4.34 Å². The van der Waals surface area contributed by atoms with Crippen molar-refractivity contribution in [2.75, 3.05) is 19.6 Å². The zero-order valence-corrected chi connectivity index (χ0v) is 39.9. The smallest absolute Gasteiger partial charge is 0.246 e. The number of benzene rings is 4. The van der Waals surface area contributed by atoms with E-state index >= 15 is 0 Å². The maximum absolute atomic E-state index is 13.5. The molecule has 12 heteroatoms. The van der Waals surface area contributed by atoms with Crippen molar-refractivity contribution in [3.8, 4) is 22.3 Å². The zero-order valence-electron chi connectivity index (χ0n) is 36.7. The maximum atomic E-state index is 13.5. The van der Waals surface area contributed by atoms with Crippen molar-refractivity contribution in [1.29, 1.82) is 0 Å². The summed E-state index contributed by atoms with van der Waals surface area (Å²) in [7, 11) is -1.11. The Hall–Kier alpha value is -6.17. The molecule has 0 radical (unpaired) electrons. The van der Waals surface area contributed by atoms with Crippen molar-refractivity contribution >= 4 is 57.2 Å². The van der Waals surface area contributed by atoms with Gasteiger partial charge in [0.1, 0.15) is 0 Å². The summed E-state index contributed by atoms with van der Waals surface area (Å²) >= 11 is 15.5. The fourth-order valence-corrected chi connectivity index (χ4v) is 14.4. The molecule has 3 atom stereocenters. The van der Waals surface area contributed by atoms with Gasteiger partial charge < -0.3 is 9.80 Å². The van der Waals surface area contributed by atoms with Gasteiger partial charge in [-0.1, -0.05) is 127 Å². The Morgan fingerprint density at radius 1 is 0.682 bits per heavy atom. The largest absolute Gasteiger partial charge is 0.333 e. The van der Waals surface area contributed by atoms with Crippen LogP contribution in [0.15, 0.2) is 173 Å². The molecule has 6 heterocycles. The summed E-state index contributed by atoms with van der Waals surface area (Å²) in [5.74, 6) is -0.348. The third-order valence-electron chi connectivity index (χ3n) is 13.0. The molecule has 3 aliphatic rings. The fraction of sp³-hybridized carbons (Fsp3) is 0.185. The average Bonchev–Trinajstić information content (AvgIpc) is 4.10. The number of carbonyl (C=O) groups is 2. The molecule has 4 aromatic carbocycles. The van der Waals surface area contributed by atoms with Crippen LogP contribution in [0.4, 0.5) is 0 Å². The van der Waals surface area contributed by atoms with Crippen molar-refractivity contribution in [2.24, 2.45) is 0 Å². The highest BCUT2D eigenvalue weighted by molar-refractivity contribution is 8.25. The minimum Gasteiger partial charge on any atom is -0.333 e. The van der Waals surface area contributed by atoms with E-state index in [9.17, 15) is 9.59 Å². The standard InChI is InChI=1S/C54H48Cl2N6O2S2/c1-5-53(63)59-28-47(43-24-51(55)65-49(43)32-59)41-21-12-10-19-39(41)46-31-62(58-35(46)4)27-37-17-14-18-38(23-37)66-50-33-60(54(64)6-2)29-48(44(50)25-52(66)56)42-22-13-11-20-40(42)45-30-61(57-34(45)3)26-36-15-8-7-9-16-36/h5-25,30-31,47-48,66H,1-2,26-29,32-33H2,3-4H3/t47-,48+/m1/s1. The molecule has 332 valence electrons. The number of nitrogens with zero attached hydrogens (tertiary/aromatic N) is 6. The van der Waals surface area contributed by atoms with Crippen LogP contribution >= 0.6 is 45.4 Å². The van der Waals surface area contributed by atoms with Gasteiger partial charge in [0.25, 0.3) is 0 Å². The van der Waals surface area contributed by atoms with E-state index in [1.807, 2.05) is 32.2 Å². The topological polar surface area (TPSA) is 76.3 Å². The predicted molar refractivity (Wildman–Crippen MR) is 270 cm³/mol. The predicted octanol–water partition coefficient (Wildman–Crippen LogP) is 12.0. The van der Waals surface area contributed by atoms with Crippen LogP contribution in [-0.2, 0) is 29.2 Å². The van der Waals surface area contributed by atoms with Crippen LogP contribution in [-0.4, -0.2) is 60.8 Å². The number of aryl methyl sites for hydroxylation is 2. The van der Waals surface area contributed by atoms with E-state index in [0.29, 0.717) is 39.3 Å². The van der Waals surface area contributed by atoms with Crippen molar-refractivity contribution in [3.05, 3.63) is 216 Å². The fourth-order valence-electron chi connectivity index (χ4n) is 9.92. The van der Waals surface area contributed by atoms with Crippen LogP contribution in [0.1, 0.15) is 55.9 Å². The van der Waals surface area contributed by atoms with E-state index in [-0.39, 0.29) is 23.7 Å². The molecular formula is C54H48Cl2N6O2S2. The Kier molecular flexibility index (Phi) is 12.1. The summed E-state index contributed by atoms with van der Waals surface area (Å²) in [6, 6.07) is 38.0. The number of aromatic nitrogens is 4. The summed E-state index contributed by atoms with van der Waals surface area (Å²) in [6.45, 7) is 15.0. The van der Waals surface area contributed by atoms with Gasteiger partial charge in [-0.3, -0.25) is 19.0 Å². The Balaban J connectivity index is 0.956. The molecule has 0 bridgehead atoms. The summed E-state index contributed by atoms with van der Waals surface area (Å²) < 4.78 is 5.53. The maximum Gasteiger partial charge on any atom is 0.246 e. The van der Waals surface area contributed by atoms with Crippen molar-refractivity contribution in [2.45, 2.75) is 50.2 Å². The normalized spacial score (nSPS) is 18.5. The van der Waals surface area contributed by atoms with Crippen LogP contribution in [0.5, 0.6) is 0 Å². The average molecular weight is 948 g/mol. The summed E-state index contributed by atoms with van der Waals surface area (Å²) in [6.07, 6.45) is 9.24. The summed E-state index contributed by atoms with van der Waals surface area (Å²) in [4.78, 5) is 33.6. The molecule has 0 N–H and O–H groups in total. The number of halogens is 2. The molecule has 66 heavy (non-hydrogen) atoms. The number of hydrogen-bond donors (Lipinski definition) is 1. The molecule has 0 fully saturated rings. The Bertz CT molecular complexity index is 3130. The summed E-state index contributed by atoms with van der Waals surface area (Å²) in [5, 5.41) is 9.97. The number of hydrogen-bond acceptors (Lipinski definition) is 5. The molecule has 0 saturated carbocycles. The van der Waals surface area contributed by atoms with E-state index in [1.54, 1.807) is 0 Å². The number of amides is 2. The van der Waals surface area contributed by atoms with Crippen molar-refractivity contribution in [3.63, 3.8) is 0 Å². The molecule has 3 aromatic heterocycles. The van der Waals surface area contributed by atoms with Crippen molar-refractivity contribution in [1.82, 2.24) is 29.4 Å². The second-order valence-corrected chi connectivity index (χ2v) is 21.7. The molecule has 2 amide bonds. The van der Waals surface area contributed by atoms with Gasteiger partial charge in [-0.05, 0) is 105 Å². The second-order valence-electron chi connectivity index (χ2n) is 17.1. The third-order valence-corrected chi connectivity index (χ3v) is 17.1. The molecule has 0 saturated heterocycles. The first kappa shape index (κ1) is 43.7. The first-order valence-corrected chi connectivity index (χ1v) is 24.9. The van der Waals surface area contributed by atoms with E-state index in [0.717, 1.165) is 68.8 Å². The first-order chi connectivity index (χ1) is 32.1. The van der Waals surface area contributed by atoms with E-state index < -0.39 is 10.9 Å². The number of allylic oxidation sites excluding steroid dienone is 1. The zero-order chi connectivity index (χ0) is 45.6. The number of thiol groups is 1. The first-order valence-electron chi connectivity index (χ1n) is 22.0. The highest BCUT2D eigenvalue weighted by Crippen LogP contribution is 2.61. The highest BCUT2D eigenvalue weighted by atomic mass is 35.5. The van der Waals surface area contributed by atoms with Gasteiger partial charge in [-0.25, -0.2) is 0 Å². The minimum absolute atomic E-state index is 0.0543. The van der Waals surface area contributed by atoms with Gasteiger partial charge in [-0.15, -0.1) is 11.3 Å². The second kappa shape index (κ2) is 18.2. The highest BCUT2D eigenvalue weighted by Gasteiger charge is 2.38. The van der Waals surface area contributed by atoms with Crippen LogP contribution in [0.3, 0.4) is 0 Å². The molecule has 7 aromatic rings. The van der Waals surface area contributed by atoms with Gasteiger partial charge in [0.15, 0.2) is 0 Å². The van der Waals surface area contributed by atoms with Gasteiger partial charge >= 0.3 is 0 Å². The lowest BCUT2D eigenvalue weighted by Gasteiger charge is -2.37. The minimum atomic E-state index is -1.11. The van der Waals surface area contributed by atoms with Gasteiger partial charge in [0.05, 0.1) is 46.3 Å². The Labute approximate surface area is 402 Å².